The van der Waals surface area contributed by atoms with E-state index < -0.39 is 11.2 Å². The summed E-state index contributed by atoms with van der Waals surface area (Å²) in [4.78, 5) is 10.9. The van der Waals surface area contributed by atoms with Crippen LogP contribution in [-0.4, -0.2) is 38.6 Å². The van der Waals surface area contributed by atoms with E-state index in [-0.39, 0.29) is 12.4 Å². The standard InChI is InChI=1S/C17H22F3N5S.ClH/c1-24-7-6-22-14(24)11-25(13-8-16(13)2-4-21-5-3-16)10-12-9-23-15(26-12)17(18,19)20;/h6-7,9,13,21H,2-5,8,10-11H2,1H3;1H. The van der Waals surface area contributed by atoms with Crippen LogP contribution in [-0.2, 0) is 26.3 Å². The summed E-state index contributed by atoms with van der Waals surface area (Å²) in [6.07, 6.45) is 4.03. The summed E-state index contributed by atoms with van der Waals surface area (Å²) < 4.78 is 40.6. The van der Waals surface area contributed by atoms with Gasteiger partial charge in [-0.2, -0.15) is 13.2 Å². The Morgan fingerprint density at radius 3 is 2.63 bits per heavy atom. The van der Waals surface area contributed by atoms with Gasteiger partial charge in [-0.05, 0) is 37.8 Å². The Morgan fingerprint density at radius 2 is 2.04 bits per heavy atom. The second-order valence-electron chi connectivity index (χ2n) is 7.32. The van der Waals surface area contributed by atoms with Crippen molar-refractivity contribution in [2.75, 3.05) is 13.1 Å². The van der Waals surface area contributed by atoms with E-state index in [1.165, 1.54) is 6.20 Å². The zero-order chi connectivity index (χ0) is 18.4. The quantitative estimate of drug-likeness (QED) is 0.803. The molecule has 1 saturated carbocycles. The Bertz CT molecular complexity index is 769. The zero-order valence-electron chi connectivity index (χ0n) is 15.0. The number of piperidine rings is 1. The molecule has 2 aromatic rings. The number of alkyl halides is 3. The molecule has 1 unspecified atom stereocenters. The molecule has 1 N–H and O–H groups in total. The molecule has 150 valence electrons. The van der Waals surface area contributed by atoms with E-state index in [4.69, 9.17) is 0 Å². The van der Waals surface area contributed by atoms with Crippen LogP contribution in [0, 0.1) is 5.41 Å². The highest BCUT2D eigenvalue weighted by atomic mass is 35.5. The number of imidazole rings is 1. The molecule has 2 aliphatic rings. The third-order valence-corrected chi connectivity index (χ3v) is 6.63. The van der Waals surface area contributed by atoms with E-state index in [0.29, 0.717) is 29.4 Å². The first kappa shape index (κ1) is 20.6. The number of nitrogens with zero attached hydrogens (tertiary/aromatic N) is 4. The number of aromatic nitrogens is 3. The maximum absolute atomic E-state index is 12.9. The lowest BCUT2D eigenvalue weighted by molar-refractivity contribution is -0.137. The molecule has 1 spiro atoms. The average molecular weight is 422 g/mol. The Kier molecular flexibility index (Phi) is 5.86. The molecule has 2 fully saturated rings. The van der Waals surface area contributed by atoms with Crippen molar-refractivity contribution in [2.45, 2.75) is 44.6 Å². The molecule has 4 rings (SSSR count). The van der Waals surface area contributed by atoms with Crippen LogP contribution in [0.1, 0.15) is 35.0 Å². The molecule has 10 heteroatoms. The Hall–Kier alpha value is -1.16. The Morgan fingerprint density at radius 1 is 1.30 bits per heavy atom. The minimum absolute atomic E-state index is 0. The van der Waals surface area contributed by atoms with E-state index in [1.54, 1.807) is 6.20 Å². The first-order valence-electron chi connectivity index (χ1n) is 8.80. The number of aryl methyl sites for hydroxylation is 1. The van der Waals surface area contributed by atoms with Crippen LogP contribution in [0.3, 0.4) is 0 Å². The van der Waals surface area contributed by atoms with Crippen LogP contribution in [0.4, 0.5) is 13.2 Å². The smallest absolute Gasteiger partial charge is 0.337 e. The summed E-state index contributed by atoms with van der Waals surface area (Å²) in [5.41, 5.74) is 0.313. The van der Waals surface area contributed by atoms with Crippen LogP contribution in [0.5, 0.6) is 0 Å². The maximum atomic E-state index is 12.9. The molecule has 0 radical (unpaired) electrons. The summed E-state index contributed by atoms with van der Waals surface area (Å²) in [5, 5.41) is 2.63. The number of hydrogen-bond acceptors (Lipinski definition) is 5. The van der Waals surface area contributed by atoms with Crippen molar-refractivity contribution in [3.05, 3.63) is 34.3 Å². The molecule has 5 nitrogen and oxygen atoms in total. The Balaban J connectivity index is 0.00000210. The van der Waals surface area contributed by atoms with E-state index >= 15 is 0 Å². The molecule has 2 aromatic heterocycles. The summed E-state index contributed by atoms with van der Waals surface area (Å²) in [6, 6.07) is 0.401. The fourth-order valence-electron chi connectivity index (χ4n) is 4.02. The van der Waals surface area contributed by atoms with Crippen LogP contribution in [0.2, 0.25) is 0 Å². The van der Waals surface area contributed by atoms with E-state index in [0.717, 1.165) is 49.5 Å². The molecular weight excluding hydrogens is 399 g/mol. The van der Waals surface area contributed by atoms with Crippen molar-refractivity contribution in [3.8, 4) is 0 Å². The lowest BCUT2D eigenvalue weighted by Gasteiger charge is -2.29. The number of nitrogens with one attached hydrogen (secondary N) is 1. The van der Waals surface area contributed by atoms with Crippen molar-refractivity contribution in [2.24, 2.45) is 12.5 Å². The van der Waals surface area contributed by atoms with Gasteiger partial charge < -0.3 is 9.88 Å². The minimum Gasteiger partial charge on any atom is -0.337 e. The summed E-state index contributed by atoms with van der Waals surface area (Å²) >= 11 is 0.748. The topological polar surface area (TPSA) is 46.0 Å². The highest BCUT2D eigenvalue weighted by Crippen LogP contribution is 2.56. The van der Waals surface area contributed by atoms with Gasteiger partial charge >= 0.3 is 6.18 Å². The maximum Gasteiger partial charge on any atom is 0.443 e. The lowest BCUT2D eigenvalue weighted by Crippen LogP contribution is -2.36. The van der Waals surface area contributed by atoms with Gasteiger partial charge in [0.1, 0.15) is 5.82 Å². The molecule has 1 aliphatic heterocycles. The molecule has 3 heterocycles. The monoisotopic (exact) mass is 421 g/mol. The zero-order valence-corrected chi connectivity index (χ0v) is 16.6. The van der Waals surface area contributed by atoms with Gasteiger partial charge in [-0.15, -0.1) is 23.7 Å². The van der Waals surface area contributed by atoms with Gasteiger partial charge in [-0.25, -0.2) is 9.97 Å². The summed E-state index contributed by atoms with van der Waals surface area (Å²) in [5.74, 6) is 0.932. The summed E-state index contributed by atoms with van der Waals surface area (Å²) in [7, 11) is 1.95. The van der Waals surface area contributed by atoms with Crippen molar-refractivity contribution in [3.63, 3.8) is 0 Å². The van der Waals surface area contributed by atoms with Gasteiger partial charge in [0.2, 0.25) is 0 Å². The van der Waals surface area contributed by atoms with Gasteiger partial charge in [0, 0.05) is 43.1 Å². The van der Waals surface area contributed by atoms with Crippen molar-refractivity contribution < 1.29 is 13.2 Å². The first-order valence-corrected chi connectivity index (χ1v) is 9.62. The third kappa shape index (κ3) is 4.31. The van der Waals surface area contributed by atoms with Gasteiger partial charge in [0.25, 0.3) is 0 Å². The van der Waals surface area contributed by atoms with Crippen LogP contribution in [0.15, 0.2) is 18.6 Å². The van der Waals surface area contributed by atoms with Crippen LogP contribution in [0.25, 0.3) is 0 Å². The molecule has 0 aromatic carbocycles. The summed E-state index contributed by atoms with van der Waals surface area (Å²) in [6.45, 7) is 3.17. The molecule has 0 amide bonds. The lowest BCUT2D eigenvalue weighted by atomic mass is 9.93. The van der Waals surface area contributed by atoms with Gasteiger partial charge in [-0.1, -0.05) is 0 Å². The molecule has 1 atom stereocenters. The van der Waals surface area contributed by atoms with Crippen LogP contribution >= 0.6 is 23.7 Å². The first-order chi connectivity index (χ1) is 12.4. The largest absolute Gasteiger partial charge is 0.443 e. The highest BCUT2D eigenvalue weighted by Gasteiger charge is 2.56. The van der Waals surface area contributed by atoms with Gasteiger partial charge in [0.15, 0.2) is 5.01 Å². The fraction of sp³-hybridized carbons (Fsp3) is 0.647. The molecular formula is C17H23ClF3N5S. The number of halogens is 4. The predicted octanol–water partition coefficient (Wildman–Crippen LogP) is 3.46. The van der Waals surface area contributed by atoms with Gasteiger partial charge in [-0.3, -0.25) is 4.90 Å². The molecule has 1 aliphatic carbocycles. The molecule has 0 bridgehead atoms. The fourth-order valence-corrected chi connectivity index (χ4v) is 4.83. The molecule has 27 heavy (non-hydrogen) atoms. The number of rotatable bonds is 5. The van der Waals surface area contributed by atoms with Gasteiger partial charge in [0.05, 0.1) is 6.54 Å². The molecule has 1 saturated heterocycles. The van der Waals surface area contributed by atoms with Crippen LogP contribution < -0.4 is 5.32 Å². The Labute approximate surface area is 166 Å². The highest BCUT2D eigenvalue weighted by molar-refractivity contribution is 7.11. The second kappa shape index (κ2) is 7.69. The minimum atomic E-state index is -4.37. The van der Waals surface area contributed by atoms with Crippen molar-refractivity contribution in [1.82, 2.24) is 24.8 Å². The average Bonchev–Trinajstić information content (AvgIpc) is 2.94. The second-order valence-corrected chi connectivity index (χ2v) is 8.44. The van der Waals surface area contributed by atoms with Crippen molar-refractivity contribution in [1.29, 1.82) is 0 Å². The van der Waals surface area contributed by atoms with E-state index in [9.17, 15) is 13.2 Å². The third-order valence-electron chi connectivity index (χ3n) is 5.61. The normalized spacial score (nSPS) is 21.4. The predicted molar refractivity (Wildman–Crippen MR) is 99.8 cm³/mol. The SMILES string of the molecule is Cl.Cn1ccnc1CN(Cc1cnc(C(F)(F)F)s1)C1CC12CCNCC2. The number of thiazole rings is 1. The number of hydrogen-bond donors (Lipinski definition) is 1. The van der Waals surface area contributed by atoms with E-state index in [2.05, 4.69) is 20.2 Å². The van der Waals surface area contributed by atoms with Crippen molar-refractivity contribution >= 4 is 23.7 Å². The van der Waals surface area contributed by atoms with E-state index in [1.807, 2.05) is 17.8 Å².